The molecule has 0 aliphatic heterocycles. The fourth-order valence-electron chi connectivity index (χ4n) is 1.34. The van der Waals surface area contributed by atoms with Crippen LogP contribution in [0.1, 0.15) is 12.6 Å². The van der Waals surface area contributed by atoms with Gasteiger partial charge in [-0.3, -0.25) is 9.89 Å². The highest BCUT2D eigenvalue weighted by molar-refractivity contribution is 7.99. The highest BCUT2D eigenvalue weighted by Gasteiger charge is 2.33. The van der Waals surface area contributed by atoms with Crippen LogP contribution in [-0.4, -0.2) is 20.4 Å². The molecule has 0 saturated heterocycles. The van der Waals surface area contributed by atoms with Crippen molar-refractivity contribution in [3.05, 3.63) is 28.2 Å². The number of nitrogens with zero attached hydrogens (tertiary/aromatic N) is 2. The number of hydrogen-bond acceptors (Lipinski definition) is 3. The number of hydrogen-bond donors (Lipinski definition) is 1. The Kier molecular flexibility index (Phi) is 2.90. The third kappa shape index (κ3) is 2.31. The first-order chi connectivity index (χ1) is 7.91. The van der Waals surface area contributed by atoms with E-state index in [9.17, 15) is 18.0 Å². The van der Waals surface area contributed by atoms with Gasteiger partial charge in [0, 0.05) is 12.1 Å². The second-order valence-electron chi connectivity index (χ2n) is 3.22. The smallest absolute Gasteiger partial charge is 0.283 e. The molecule has 0 aliphatic rings. The predicted octanol–water partition coefficient (Wildman–Crippen LogP) is 2.15. The van der Waals surface area contributed by atoms with Crippen LogP contribution in [0, 0.1) is 0 Å². The lowest BCUT2D eigenvalue weighted by molar-refractivity contribution is -0.141. The Morgan fingerprint density at radius 3 is 2.76 bits per heavy atom. The molecule has 8 heteroatoms. The zero-order valence-corrected chi connectivity index (χ0v) is 9.52. The van der Waals surface area contributed by atoms with E-state index in [4.69, 9.17) is 0 Å². The molecule has 4 nitrogen and oxygen atoms in total. The average molecular weight is 263 g/mol. The monoisotopic (exact) mass is 263 g/mol. The molecule has 0 spiro atoms. The molecule has 2 aromatic heterocycles. The van der Waals surface area contributed by atoms with Crippen LogP contribution in [0.25, 0.3) is 5.65 Å². The van der Waals surface area contributed by atoms with E-state index in [0.717, 1.165) is 10.3 Å². The Bertz CT molecular complexity index is 602. The van der Waals surface area contributed by atoms with Gasteiger partial charge in [-0.25, -0.2) is 9.50 Å². The summed E-state index contributed by atoms with van der Waals surface area (Å²) < 4.78 is 38.3. The van der Waals surface area contributed by atoms with Gasteiger partial charge in [0.15, 0.2) is 11.3 Å². The number of alkyl halides is 3. The Labute approximate surface area is 97.8 Å². The van der Waals surface area contributed by atoms with Crippen LogP contribution in [0.3, 0.4) is 0 Å². The van der Waals surface area contributed by atoms with Gasteiger partial charge >= 0.3 is 6.18 Å². The van der Waals surface area contributed by atoms with E-state index >= 15 is 0 Å². The normalized spacial score (nSPS) is 12.2. The van der Waals surface area contributed by atoms with Gasteiger partial charge in [0.1, 0.15) is 0 Å². The zero-order chi connectivity index (χ0) is 12.6. The summed E-state index contributed by atoms with van der Waals surface area (Å²) in [5.74, 6) is 0.744. The van der Waals surface area contributed by atoms with Gasteiger partial charge in [0.25, 0.3) is 5.56 Å². The van der Waals surface area contributed by atoms with Gasteiger partial charge < -0.3 is 0 Å². The molecule has 92 valence electrons. The highest BCUT2D eigenvalue weighted by Crippen LogP contribution is 2.27. The summed E-state index contributed by atoms with van der Waals surface area (Å²) in [6, 6.07) is 1.90. The number of rotatable bonds is 2. The maximum Gasteiger partial charge on any atom is 0.433 e. The van der Waals surface area contributed by atoms with Crippen molar-refractivity contribution in [2.24, 2.45) is 0 Å². The molecule has 0 aromatic carbocycles. The van der Waals surface area contributed by atoms with Gasteiger partial charge in [0.2, 0.25) is 0 Å². The topological polar surface area (TPSA) is 50.2 Å². The molecule has 1 N–H and O–H groups in total. The third-order valence-electron chi connectivity index (χ3n) is 2.02. The van der Waals surface area contributed by atoms with Gasteiger partial charge in [-0.15, -0.1) is 11.8 Å². The second-order valence-corrected chi connectivity index (χ2v) is 4.53. The molecule has 0 fully saturated rings. The Hall–Kier alpha value is -1.44. The van der Waals surface area contributed by atoms with Crippen molar-refractivity contribution in [3.63, 3.8) is 0 Å². The first-order valence-corrected chi connectivity index (χ1v) is 5.73. The van der Waals surface area contributed by atoms with Gasteiger partial charge in [-0.1, -0.05) is 6.92 Å². The Morgan fingerprint density at radius 1 is 1.47 bits per heavy atom. The molecule has 0 unspecified atom stereocenters. The van der Waals surface area contributed by atoms with Crippen LogP contribution in [-0.2, 0) is 6.18 Å². The van der Waals surface area contributed by atoms with E-state index < -0.39 is 17.4 Å². The number of fused-ring (bicyclic) bond motifs is 1. The number of aromatic amines is 1. The molecular formula is C9H8F3N3OS. The molecule has 0 atom stereocenters. The van der Waals surface area contributed by atoms with Crippen LogP contribution >= 0.6 is 11.8 Å². The maximum absolute atomic E-state index is 12.4. The second kappa shape index (κ2) is 4.10. The van der Waals surface area contributed by atoms with Crippen molar-refractivity contribution in [2.45, 2.75) is 18.1 Å². The van der Waals surface area contributed by atoms with Gasteiger partial charge in [0.05, 0.1) is 5.03 Å². The van der Waals surface area contributed by atoms with E-state index in [1.807, 2.05) is 6.92 Å². The van der Waals surface area contributed by atoms with E-state index in [0.29, 0.717) is 11.1 Å². The number of aromatic nitrogens is 3. The summed E-state index contributed by atoms with van der Waals surface area (Å²) in [4.78, 5) is 14.8. The van der Waals surface area contributed by atoms with Crippen LogP contribution in [0.15, 0.2) is 22.0 Å². The van der Waals surface area contributed by atoms with Crippen molar-refractivity contribution in [1.82, 2.24) is 14.6 Å². The maximum atomic E-state index is 12.4. The zero-order valence-electron chi connectivity index (χ0n) is 8.71. The summed E-state index contributed by atoms with van der Waals surface area (Å²) in [5, 5.41) is 3.29. The van der Waals surface area contributed by atoms with Crippen LogP contribution in [0.2, 0.25) is 0 Å². The van der Waals surface area contributed by atoms with Crippen LogP contribution in [0.5, 0.6) is 0 Å². The molecule has 2 heterocycles. The molecule has 0 aliphatic carbocycles. The minimum atomic E-state index is -4.61. The third-order valence-corrected chi connectivity index (χ3v) is 2.83. The SMILES string of the molecule is CCSc1cc2nc(C(F)(F)F)cc(=O)n2[nH]1. The lowest BCUT2D eigenvalue weighted by Crippen LogP contribution is -2.19. The lowest BCUT2D eigenvalue weighted by Gasteiger charge is -2.04. The van der Waals surface area contributed by atoms with Crippen molar-refractivity contribution < 1.29 is 13.2 Å². The van der Waals surface area contributed by atoms with Crippen LogP contribution < -0.4 is 5.56 Å². The summed E-state index contributed by atoms with van der Waals surface area (Å²) >= 11 is 1.39. The molecule has 0 bridgehead atoms. The number of halogens is 3. The van der Waals surface area contributed by atoms with Crippen molar-refractivity contribution in [3.8, 4) is 0 Å². The molecule has 0 amide bonds. The van der Waals surface area contributed by atoms with Crippen molar-refractivity contribution in [2.75, 3.05) is 5.75 Å². The first-order valence-electron chi connectivity index (χ1n) is 4.74. The fraction of sp³-hybridized carbons (Fsp3) is 0.333. The predicted molar refractivity (Wildman–Crippen MR) is 57.2 cm³/mol. The van der Waals surface area contributed by atoms with Crippen LogP contribution in [0.4, 0.5) is 13.2 Å². The molecule has 0 saturated carbocycles. The summed E-state index contributed by atoms with van der Waals surface area (Å²) in [6.45, 7) is 1.90. The molecular weight excluding hydrogens is 255 g/mol. The highest BCUT2D eigenvalue weighted by atomic mass is 32.2. The quantitative estimate of drug-likeness (QED) is 0.845. The van der Waals surface area contributed by atoms with E-state index in [-0.39, 0.29) is 5.65 Å². The Morgan fingerprint density at radius 2 is 2.18 bits per heavy atom. The summed E-state index contributed by atoms with van der Waals surface area (Å²) in [7, 11) is 0. The molecule has 0 radical (unpaired) electrons. The lowest BCUT2D eigenvalue weighted by atomic mass is 10.4. The minimum Gasteiger partial charge on any atom is -0.283 e. The summed E-state index contributed by atoms with van der Waals surface area (Å²) in [6.07, 6.45) is -4.61. The van der Waals surface area contributed by atoms with Gasteiger partial charge in [-0.05, 0) is 5.75 Å². The molecule has 2 rings (SSSR count). The van der Waals surface area contributed by atoms with E-state index in [1.165, 1.54) is 17.8 Å². The van der Waals surface area contributed by atoms with E-state index in [2.05, 4.69) is 10.1 Å². The average Bonchev–Trinajstić information content (AvgIpc) is 2.60. The summed E-state index contributed by atoms with van der Waals surface area (Å²) in [5.41, 5.74) is -1.97. The van der Waals surface area contributed by atoms with Gasteiger partial charge in [-0.2, -0.15) is 13.2 Å². The van der Waals surface area contributed by atoms with Crippen molar-refractivity contribution in [1.29, 1.82) is 0 Å². The standard InChI is InChI=1S/C9H8F3N3OS/c1-2-17-7-4-6-13-5(9(10,11)12)3-8(16)15(6)14-7/h3-4,14H,2H2,1H3. The molecule has 2 aromatic rings. The van der Waals surface area contributed by atoms with Crippen molar-refractivity contribution >= 4 is 17.4 Å². The number of nitrogens with one attached hydrogen (secondary N) is 1. The number of thioether (sulfide) groups is 1. The first kappa shape index (κ1) is 12.0. The minimum absolute atomic E-state index is 0.0271. The fourth-order valence-corrected chi connectivity index (χ4v) is 2.00. The van der Waals surface area contributed by atoms with E-state index in [1.54, 1.807) is 0 Å². The number of H-pyrrole nitrogens is 1. The largest absolute Gasteiger partial charge is 0.433 e. The Balaban J connectivity index is 2.61. The molecule has 17 heavy (non-hydrogen) atoms.